The van der Waals surface area contributed by atoms with E-state index in [9.17, 15) is 4.79 Å². The molecule has 2 N–H and O–H groups in total. The quantitative estimate of drug-likeness (QED) is 0.173. The summed E-state index contributed by atoms with van der Waals surface area (Å²) < 4.78 is 16.1. The molecular formula is C41H51N9O3. The molecule has 0 spiro atoms. The van der Waals surface area contributed by atoms with E-state index in [2.05, 4.69) is 99.1 Å². The smallest absolute Gasteiger partial charge is 0.320 e. The molecule has 0 bridgehead atoms. The van der Waals surface area contributed by atoms with Crippen molar-refractivity contribution in [1.29, 1.82) is 0 Å². The molecule has 3 atom stereocenters. The van der Waals surface area contributed by atoms with Crippen LogP contribution in [0.1, 0.15) is 94.3 Å². The van der Waals surface area contributed by atoms with E-state index in [1.165, 1.54) is 12.0 Å². The van der Waals surface area contributed by atoms with Crippen LogP contribution in [-0.4, -0.2) is 74.2 Å². The summed E-state index contributed by atoms with van der Waals surface area (Å²) in [6, 6.07) is 22.6. The lowest BCUT2D eigenvalue weighted by Gasteiger charge is -2.33. The Morgan fingerprint density at radius 3 is 2.49 bits per heavy atom. The molecule has 0 radical (unpaired) electrons. The molecule has 2 fully saturated rings. The van der Waals surface area contributed by atoms with Gasteiger partial charge in [0.05, 0.1) is 36.8 Å². The van der Waals surface area contributed by atoms with Gasteiger partial charge >= 0.3 is 6.03 Å². The minimum atomic E-state index is -0.271. The van der Waals surface area contributed by atoms with Crippen molar-refractivity contribution >= 4 is 23.4 Å². The number of morpholine rings is 1. The zero-order chi connectivity index (χ0) is 36.5. The molecule has 1 aliphatic carbocycles. The van der Waals surface area contributed by atoms with Gasteiger partial charge in [-0.25, -0.2) is 9.48 Å². The number of nitrogens with one attached hydrogen (secondary N) is 2. The zero-order valence-corrected chi connectivity index (χ0v) is 31.3. The third kappa shape index (κ3) is 7.61. The molecule has 2 aromatic carbocycles. The third-order valence-electron chi connectivity index (χ3n) is 10.8. The van der Waals surface area contributed by atoms with E-state index in [1.54, 1.807) is 0 Å². The largest absolute Gasteiger partial charge is 0.484 e. The Morgan fingerprint density at radius 2 is 1.72 bits per heavy atom. The van der Waals surface area contributed by atoms with Gasteiger partial charge in [-0.2, -0.15) is 5.10 Å². The minimum absolute atomic E-state index is 0.152. The van der Waals surface area contributed by atoms with Crippen LogP contribution in [0.3, 0.4) is 0 Å². The molecular weight excluding hydrogens is 667 g/mol. The van der Waals surface area contributed by atoms with Gasteiger partial charge < -0.3 is 19.7 Å². The van der Waals surface area contributed by atoms with Crippen molar-refractivity contribution in [2.24, 2.45) is 0 Å². The number of rotatable bonds is 8. The number of benzene rings is 2. The molecule has 5 aromatic rings. The monoisotopic (exact) mass is 717 g/mol. The Balaban J connectivity index is 0.972. The predicted octanol–water partition coefficient (Wildman–Crippen LogP) is 7.20. The number of hydrogen-bond donors (Lipinski definition) is 2. The molecule has 278 valence electrons. The van der Waals surface area contributed by atoms with Crippen molar-refractivity contribution in [2.45, 2.75) is 89.9 Å². The van der Waals surface area contributed by atoms with Crippen LogP contribution < -0.4 is 20.3 Å². The summed E-state index contributed by atoms with van der Waals surface area (Å²) in [6.45, 7) is 14.0. The van der Waals surface area contributed by atoms with Gasteiger partial charge in [0.1, 0.15) is 17.7 Å². The first-order valence-electron chi connectivity index (χ1n) is 19.1. The first kappa shape index (κ1) is 35.1. The van der Waals surface area contributed by atoms with Gasteiger partial charge in [0.25, 0.3) is 0 Å². The maximum atomic E-state index is 13.7. The van der Waals surface area contributed by atoms with E-state index in [0.29, 0.717) is 11.9 Å². The number of carbonyl (C=O) groups excluding carboxylic acids is 1. The number of fused-ring (bicyclic) bond motifs is 2. The standard InChI is InChI=1S/C41H51N9O3/c1-28-9-7-8-20-48(28)40-45-44-37-19-16-31(27-49(37)40)53-35-18-17-34(32-10-5-6-11-33(32)35)42-39(51)43-38-25-36(41(2,3)4)46-50(38)30-14-12-29(13-15-30)26-47-21-23-52-24-22-47/h5-6,10-16,19,25,27-28,34-35H,7-9,17-18,20-24,26H2,1-4H3,(H2,42,43,51)/t28?,34-,35+/m0/s1. The number of nitrogens with zero attached hydrogens (tertiary/aromatic N) is 7. The lowest BCUT2D eigenvalue weighted by molar-refractivity contribution is 0.0342. The number of carbonyl (C=O) groups is 1. The van der Waals surface area contributed by atoms with Crippen LogP contribution in [0.15, 0.2) is 72.9 Å². The summed E-state index contributed by atoms with van der Waals surface area (Å²) in [4.78, 5) is 18.5. The van der Waals surface area contributed by atoms with Crippen molar-refractivity contribution in [3.8, 4) is 11.4 Å². The van der Waals surface area contributed by atoms with Gasteiger partial charge in [-0.05, 0) is 80.0 Å². The molecule has 1 unspecified atom stereocenters. The maximum absolute atomic E-state index is 13.7. The molecule has 12 heteroatoms. The summed E-state index contributed by atoms with van der Waals surface area (Å²) in [6.07, 6.45) is 6.91. The molecule has 3 aliphatic rings. The van der Waals surface area contributed by atoms with Crippen LogP contribution in [0, 0.1) is 0 Å². The van der Waals surface area contributed by atoms with E-state index >= 15 is 0 Å². The average molecular weight is 718 g/mol. The van der Waals surface area contributed by atoms with Crippen LogP contribution in [0.25, 0.3) is 11.3 Å². The fourth-order valence-corrected chi connectivity index (χ4v) is 7.81. The Hall–Kier alpha value is -4.94. The first-order valence-corrected chi connectivity index (χ1v) is 19.1. The number of urea groups is 1. The molecule has 2 saturated heterocycles. The number of piperidine rings is 1. The van der Waals surface area contributed by atoms with E-state index in [-0.39, 0.29) is 23.6 Å². The van der Waals surface area contributed by atoms with E-state index in [0.717, 1.165) is 105 Å². The number of aromatic nitrogens is 5. The lowest BCUT2D eigenvalue weighted by Crippen LogP contribution is -2.38. The van der Waals surface area contributed by atoms with Crippen LogP contribution in [0.2, 0.25) is 0 Å². The average Bonchev–Trinajstić information content (AvgIpc) is 3.78. The molecule has 8 rings (SSSR count). The fraction of sp³-hybridized carbons (Fsp3) is 0.463. The van der Waals surface area contributed by atoms with Crippen molar-refractivity contribution in [3.63, 3.8) is 0 Å². The van der Waals surface area contributed by atoms with Crippen LogP contribution in [-0.2, 0) is 16.7 Å². The van der Waals surface area contributed by atoms with Crippen LogP contribution >= 0.6 is 0 Å². The van der Waals surface area contributed by atoms with Crippen molar-refractivity contribution in [3.05, 3.63) is 95.3 Å². The van der Waals surface area contributed by atoms with Crippen LogP contribution in [0.5, 0.6) is 5.75 Å². The normalized spacial score (nSPS) is 21.0. The summed E-state index contributed by atoms with van der Waals surface area (Å²) >= 11 is 0. The molecule has 3 aromatic heterocycles. The van der Waals surface area contributed by atoms with Gasteiger partial charge in [-0.3, -0.25) is 14.6 Å². The lowest BCUT2D eigenvalue weighted by atomic mass is 9.85. The first-order chi connectivity index (χ1) is 25.7. The van der Waals surface area contributed by atoms with Crippen molar-refractivity contribution in [1.82, 2.24) is 34.6 Å². The Bertz CT molecular complexity index is 2040. The summed E-state index contributed by atoms with van der Waals surface area (Å²) in [5, 5.41) is 20.3. The maximum Gasteiger partial charge on any atom is 0.320 e. The number of amides is 2. The SMILES string of the molecule is CC1CCCCN1c1nnc2ccc(O[C@@H]3CC[C@H](NC(=O)Nc4cc(C(C)(C)C)nn4-c4ccc(CN5CCOCC5)cc4)c4ccccc43)cn12. The van der Waals surface area contributed by atoms with Gasteiger partial charge in [0, 0.05) is 43.7 Å². The highest BCUT2D eigenvalue weighted by Gasteiger charge is 2.31. The number of anilines is 2. The molecule has 5 heterocycles. The topological polar surface area (TPSA) is 114 Å². The molecule has 53 heavy (non-hydrogen) atoms. The van der Waals surface area contributed by atoms with Gasteiger partial charge in [0.2, 0.25) is 5.95 Å². The second-order valence-corrected chi connectivity index (χ2v) is 15.7. The summed E-state index contributed by atoms with van der Waals surface area (Å²) in [7, 11) is 0. The zero-order valence-electron chi connectivity index (χ0n) is 31.3. The number of hydrogen-bond acceptors (Lipinski definition) is 8. The Labute approximate surface area is 311 Å². The van der Waals surface area contributed by atoms with Gasteiger partial charge in [0.15, 0.2) is 5.65 Å². The van der Waals surface area contributed by atoms with Crippen molar-refractivity contribution < 1.29 is 14.3 Å². The Morgan fingerprint density at radius 1 is 0.925 bits per heavy atom. The Kier molecular flexibility index (Phi) is 9.82. The number of ether oxygens (including phenoxy) is 2. The molecule has 12 nitrogen and oxygen atoms in total. The predicted molar refractivity (Wildman–Crippen MR) is 206 cm³/mol. The molecule has 0 saturated carbocycles. The molecule has 2 amide bonds. The minimum Gasteiger partial charge on any atom is -0.484 e. The van der Waals surface area contributed by atoms with Crippen LogP contribution in [0.4, 0.5) is 16.6 Å². The fourth-order valence-electron chi connectivity index (χ4n) is 7.81. The number of pyridine rings is 1. The van der Waals surface area contributed by atoms with E-state index in [1.807, 2.05) is 41.2 Å². The second-order valence-electron chi connectivity index (χ2n) is 15.7. The van der Waals surface area contributed by atoms with Gasteiger partial charge in [-0.1, -0.05) is 57.2 Å². The third-order valence-corrected chi connectivity index (χ3v) is 10.8. The van der Waals surface area contributed by atoms with E-state index < -0.39 is 0 Å². The highest BCUT2D eigenvalue weighted by atomic mass is 16.5. The van der Waals surface area contributed by atoms with Crippen molar-refractivity contribution in [2.75, 3.05) is 43.1 Å². The van der Waals surface area contributed by atoms with Gasteiger partial charge in [-0.15, -0.1) is 10.2 Å². The summed E-state index contributed by atoms with van der Waals surface area (Å²) in [5.41, 5.74) is 5.78. The highest BCUT2D eigenvalue weighted by Crippen LogP contribution is 2.39. The molecule has 2 aliphatic heterocycles. The summed E-state index contributed by atoms with van der Waals surface area (Å²) in [5.74, 6) is 2.26. The second kappa shape index (κ2) is 14.8. The highest BCUT2D eigenvalue weighted by molar-refractivity contribution is 5.89. The van der Waals surface area contributed by atoms with E-state index in [4.69, 9.17) is 14.6 Å².